The van der Waals surface area contributed by atoms with E-state index in [9.17, 15) is 32.7 Å². The molecule has 52 heavy (non-hydrogen) atoms. The Bertz CT molecular complexity index is 1900. The zero-order valence-corrected chi connectivity index (χ0v) is 30.8. The zero-order valence-electron chi connectivity index (χ0n) is 30.0. The van der Waals surface area contributed by atoms with Gasteiger partial charge in [0.25, 0.3) is 5.91 Å². The molecule has 0 bridgehead atoms. The molecular formula is C36H47N5O10S. The molecule has 0 unspecified atom stereocenters. The van der Waals surface area contributed by atoms with Crippen molar-refractivity contribution in [3.8, 4) is 17.4 Å². The lowest BCUT2D eigenvalue weighted by molar-refractivity contribution is -0.142. The summed E-state index contributed by atoms with van der Waals surface area (Å²) in [4.78, 5) is 60.3. The van der Waals surface area contributed by atoms with E-state index in [1.807, 2.05) is 19.1 Å². The summed E-state index contributed by atoms with van der Waals surface area (Å²) in [5, 5.41) is 16.3. The molecule has 4 amide bonds. The number of hydrogen-bond donors (Lipinski definition) is 4. The van der Waals surface area contributed by atoms with Crippen molar-refractivity contribution in [1.82, 2.24) is 25.2 Å². The summed E-state index contributed by atoms with van der Waals surface area (Å²) in [7, 11) is -0.948. The summed E-state index contributed by atoms with van der Waals surface area (Å²) in [6.07, 6.45) is 6.05. The maximum Gasteiger partial charge on any atom is 0.405 e. The third-order valence-electron chi connectivity index (χ3n) is 11.0. The maximum absolute atomic E-state index is 14.4. The Hall–Kier alpha value is -4.60. The topological polar surface area (TPSA) is 203 Å². The van der Waals surface area contributed by atoms with Gasteiger partial charge in [-0.1, -0.05) is 26.0 Å². The second kappa shape index (κ2) is 14.1. The number of amides is 4. The summed E-state index contributed by atoms with van der Waals surface area (Å²) in [6.45, 7) is 5.32. The first-order valence-corrected chi connectivity index (χ1v) is 19.1. The van der Waals surface area contributed by atoms with Gasteiger partial charge < -0.3 is 34.9 Å². The fourth-order valence-corrected chi connectivity index (χ4v) is 8.75. The van der Waals surface area contributed by atoms with Gasteiger partial charge in [-0.05, 0) is 75.5 Å². The number of aromatic nitrogens is 1. The largest absolute Gasteiger partial charge is 0.497 e. The number of nitrogens with one attached hydrogen (secondary N) is 3. The molecule has 4 N–H and O–H groups in total. The lowest BCUT2D eigenvalue weighted by Crippen LogP contribution is -2.59. The first-order valence-electron chi connectivity index (χ1n) is 17.6. The van der Waals surface area contributed by atoms with Gasteiger partial charge in [0.05, 0.1) is 31.7 Å². The maximum atomic E-state index is 14.4. The molecule has 7 atom stereocenters. The monoisotopic (exact) mass is 741 g/mol. The molecule has 1 saturated heterocycles. The predicted molar refractivity (Wildman–Crippen MR) is 189 cm³/mol. The lowest BCUT2D eigenvalue weighted by Gasteiger charge is -2.32. The van der Waals surface area contributed by atoms with Crippen molar-refractivity contribution in [2.24, 2.45) is 17.8 Å². The third-order valence-corrected chi connectivity index (χ3v) is 13.2. The predicted octanol–water partition coefficient (Wildman–Crippen LogP) is 3.12. The Kier molecular flexibility index (Phi) is 10.1. The first-order chi connectivity index (χ1) is 24.6. The Morgan fingerprint density at radius 3 is 2.52 bits per heavy atom. The zero-order chi connectivity index (χ0) is 37.6. The summed E-state index contributed by atoms with van der Waals surface area (Å²) >= 11 is 0. The van der Waals surface area contributed by atoms with E-state index < -0.39 is 74.1 Å². The highest BCUT2D eigenvalue weighted by Crippen LogP contribution is 2.47. The number of carbonyl (C=O) groups excluding carboxylic acids is 3. The Morgan fingerprint density at radius 1 is 1.10 bits per heavy atom. The van der Waals surface area contributed by atoms with Crippen molar-refractivity contribution in [2.75, 3.05) is 20.8 Å². The van der Waals surface area contributed by atoms with Crippen molar-refractivity contribution in [2.45, 2.75) is 94.2 Å². The molecule has 15 nitrogen and oxygen atoms in total. The van der Waals surface area contributed by atoms with Crippen molar-refractivity contribution < 1.29 is 46.9 Å². The molecule has 3 fully saturated rings. The number of ether oxygens (including phenoxy) is 3. The highest BCUT2D eigenvalue weighted by molar-refractivity contribution is 7.91. The van der Waals surface area contributed by atoms with Crippen LogP contribution in [0.25, 0.3) is 10.8 Å². The fraction of sp³-hybridized carbons (Fsp3) is 0.583. The number of carbonyl (C=O) groups is 4. The average Bonchev–Trinajstić information content (AvgIpc) is 3.98. The quantitative estimate of drug-likeness (QED) is 0.290. The second-order valence-electron chi connectivity index (χ2n) is 14.9. The Labute approximate surface area is 302 Å². The number of pyridine rings is 1. The normalized spacial score (nSPS) is 30.8. The van der Waals surface area contributed by atoms with Crippen molar-refractivity contribution in [3.05, 3.63) is 36.5 Å². The van der Waals surface area contributed by atoms with Crippen LogP contribution in [0.2, 0.25) is 0 Å². The molecule has 2 aliphatic carbocycles. The highest BCUT2D eigenvalue weighted by Gasteiger charge is 2.63. The Balaban J connectivity index is 1.35. The van der Waals surface area contributed by atoms with Gasteiger partial charge >= 0.3 is 6.09 Å². The molecule has 2 saturated carbocycles. The van der Waals surface area contributed by atoms with Gasteiger partial charge in [0.1, 0.15) is 35.2 Å². The first kappa shape index (κ1) is 37.2. The summed E-state index contributed by atoms with van der Waals surface area (Å²) in [5.41, 5.74) is -1.55. The molecular weight excluding hydrogens is 694 g/mol. The number of hydrogen-bond acceptors (Lipinski definition) is 10. The van der Waals surface area contributed by atoms with E-state index >= 15 is 0 Å². The Morgan fingerprint density at radius 2 is 1.85 bits per heavy atom. The highest BCUT2D eigenvalue weighted by atomic mass is 32.2. The number of rotatable bonds is 8. The summed E-state index contributed by atoms with van der Waals surface area (Å²) in [6, 6.07) is 2.93. The van der Waals surface area contributed by atoms with E-state index in [-0.39, 0.29) is 31.2 Å². The van der Waals surface area contributed by atoms with Crippen LogP contribution in [0, 0.1) is 17.8 Å². The molecule has 1 aromatic carbocycles. The van der Waals surface area contributed by atoms with Crippen molar-refractivity contribution in [1.29, 1.82) is 0 Å². The summed E-state index contributed by atoms with van der Waals surface area (Å²) in [5.74, 6) is -1.58. The number of allylic oxidation sites excluding steroid dienone is 1. The fourth-order valence-electron chi connectivity index (χ4n) is 7.44. The van der Waals surface area contributed by atoms with Gasteiger partial charge in [0, 0.05) is 23.1 Å². The molecule has 4 aliphatic rings. The third kappa shape index (κ3) is 7.21. The SMILES string of the molecule is COc1ccc2c(O[C@@H]3C[C@H]4C(=O)N[C@]5(C(=O)NS(=O)(=O)C6(C)CC6)C[C@H]5/C=C\CC[C@@H](C)C[C@@H](C)[C@H](NC(=O)O)C(=O)N4C3)ncc(OC)c2c1. The lowest BCUT2D eigenvalue weighted by atomic mass is 9.88. The molecule has 1 aromatic heterocycles. The molecule has 0 radical (unpaired) electrons. The van der Waals surface area contributed by atoms with Gasteiger partial charge in [-0.25, -0.2) is 18.2 Å². The van der Waals surface area contributed by atoms with Crippen LogP contribution < -0.4 is 29.6 Å². The number of fused-ring (bicyclic) bond motifs is 3. The van der Waals surface area contributed by atoms with Gasteiger partial charge in [0.15, 0.2) is 0 Å². The molecule has 2 aliphatic heterocycles. The minimum atomic E-state index is -4.01. The van der Waals surface area contributed by atoms with E-state index in [1.165, 1.54) is 18.2 Å². The molecule has 2 aromatic rings. The van der Waals surface area contributed by atoms with Crippen molar-refractivity contribution >= 4 is 44.6 Å². The second-order valence-corrected chi connectivity index (χ2v) is 17.1. The molecule has 16 heteroatoms. The average molecular weight is 742 g/mol. The van der Waals surface area contributed by atoms with E-state index in [0.717, 1.165) is 6.42 Å². The summed E-state index contributed by atoms with van der Waals surface area (Å²) < 4.78 is 44.7. The van der Waals surface area contributed by atoms with E-state index in [1.54, 1.807) is 39.2 Å². The number of carboxylic acid groups (broad SMARTS) is 1. The van der Waals surface area contributed by atoms with Gasteiger partial charge in [-0.3, -0.25) is 19.1 Å². The molecule has 3 heterocycles. The molecule has 0 spiro atoms. The van der Waals surface area contributed by atoms with Gasteiger partial charge in [-0.15, -0.1) is 0 Å². The molecule has 6 rings (SSSR count). The number of sulfonamides is 1. The smallest absolute Gasteiger partial charge is 0.405 e. The van der Waals surface area contributed by atoms with Crippen LogP contribution in [0.1, 0.15) is 65.7 Å². The van der Waals surface area contributed by atoms with Crippen LogP contribution >= 0.6 is 0 Å². The number of methoxy groups -OCH3 is 2. The minimum absolute atomic E-state index is 0.0118. The van der Waals surface area contributed by atoms with Crippen LogP contribution in [0.15, 0.2) is 36.5 Å². The van der Waals surface area contributed by atoms with Gasteiger partial charge in [-0.2, -0.15) is 0 Å². The van der Waals surface area contributed by atoms with E-state index in [4.69, 9.17) is 14.2 Å². The van der Waals surface area contributed by atoms with Crippen LogP contribution in [0.5, 0.6) is 17.4 Å². The minimum Gasteiger partial charge on any atom is -0.497 e. The van der Waals surface area contributed by atoms with Crippen LogP contribution in [0.3, 0.4) is 0 Å². The molecule has 282 valence electrons. The number of benzene rings is 1. The van der Waals surface area contributed by atoms with E-state index in [0.29, 0.717) is 48.0 Å². The van der Waals surface area contributed by atoms with E-state index in [2.05, 4.69) is 20.3 Å². The van der Waals surface area contributed by atoms with Crippen LogP contribution in [0.4, 0.5) is 4.79 Å². The van der Waals surface area contributed by atoms with Gasteiger partial charge in [0.2, 0.25) is 27.7 Å². The van der Waals surface area contributed by atoms with Crippen LogP contribution in [-0.2, 0) is 24.4 Å². The van der Waals surface area contributed by atoms with Crippen molar-refractivity contribution in [3.63, 3.8) is 0 Å². The standard InChI is InChI=1S/C36H47N5O10S/c1-20-8-6-7-9-22-17-36(22,33(44)40-52(47,48)35(3)12-13-35)39-30(42)27-16-24(19-41(27)32(43)29(21(2)14-20)38-34(45)46)51-31-25-11-10-23(49-4)15-26(25)28(50-5)18-37-31/h7,9-11,15,18,20-22,24,27,29,38H,6,8,12-14,16-17,19H2,1-5H3,(H,39,42)(H,40,44)(H,45,46)/b9-7-/t20-,21-,22-,24-,27+,29+,36-/m1/s1. The number of nitrogens with zero attached hydrogens (tertiary/aromatic N) is 2. The van der Waals surface area contributed by atoms with Crippen LogP contribution in [-0.4, -0.2) is 96.5 Å².